The van der Waals surface area contributed by atoms with Crippen molar-refractivity contribution in [2.45, 2.75) is 6.54 Å². The maximum absolute atomic E-state index is 11.1. The molecule has 30 heavy (non-hydrogen) atoms. The highest BCUT2D eigenvalue weighted by Crippen LogP contribution is 2.28. The van der Waals surface area contributed by atoms with Gasteiger partial charge in [-0.2, -0.15) is 0 Å². The van der Waals surface area contributed by atoms with E-state index in [9.17, 15) is 4.79 Å². The van der Waals surface area contributed by atoms with E-state index in [0.717, 1.165) is 48.6 Å². The number of hydrogen-bond donors (Lipinski definition) is 2. The molecular weight excluding hydrogens is 402 g/mol. The first-order valence-electron chi connectivity index (χ1n) is 9.69. The second kappa shape index (κ2) is 8.69. The fourth-order valence-corrected chi connectivity index (χ4v) is 3.86. The Morgan fingerprint density at radius 1 is 1.00 bits per heavy atom. The number of hydrogen-bond acceptors (Lipinski definition) is 6. The summed E-state index contributed by atoms with van der Waals surface area (Å²) in [6.45, 7) is 3.49. The van der Waals surface area contributed by atoms with Crippen LogP contribution in [0.3, 0.4) is 0 Å². The Bertz CT molecular complexity index is 1050. The van der Waals surface area contributed by atoms with Gasteiger partial charge in [-0.15, -0.1) is 0 Å². The fraction of sp³-hybridized carbons (Fsp3) is 0.227. The third kappa shape index (κ3) is 4.22. The molecule has 0 saturated carbocycles. The highest BCUT2D eigenvalue weighted by atomic mass is 35.5. The lowest BCUT2D eigenvalue weighted by Gasteiger charge is -2.36. The number of aromatic carboxylic acids is 1. The van der Waals surface area contributed by atoms with E-state index in [1.807, 2.05) is 30.6 Å². The molecular formula is C22H22ClN5O2. The molecule has 0 amide bonds. The van der Waals surface area contributed by atoms with Crippen LogP contribution in [0, 0.1) is 0 Å². The summed E-state index contributed by atoms with van der Waals surface area (Å²) in [7, 11) is 0. The van der Waals surface area contributed by atoms with Crippen molar-refractivity contribution >= 4 is 29.2 Å². The summed E-state index contributed by atoms with van der Waals surface area (Å²) < 4.78 is 0. The van der Waals surface area contributed by atoms with Crippen molar-refractivity contribution in [3.8, 4) is 11.1 Å². The minimum Gasteiger partial charge on any atom is -0.478 e. The third-order valence-electron chi connectivity index (χ3n) is 5.23. The predicted octanol–water partition coefficient (Wildman–Crippen LogP) is 3.28. The third-order valence-corrected chi connectivity index (χ3v) is 5.53. The number of halogens is 1. The van der Waals surface area contributed by atoms with E-state index in [2.05, 4.69) is 25.8 Å². The van der Waals surface area contributed by atoms with Gasteiger partial charge in [-0.05, 0) is 35.4 Å². The smallest absolute Gasteiger partial charge is 0.335 e. The van der Waals surface area contributed by atoms with Crippen LogP contribution in [0.5, 0.6) is 0 Å². The summed E-state index contributed by atoms with van der Waals surface area (Å²) in [5.41, 5.74) is 9.84. The molecule has 2 aromatic carbocycles. The van der Waals surface area contributed by atoms with Crippen LogP contribution in [-0.2, 0) is 6.54 Å². The Balaban J connectivity index is 1.42. The zero-order valence-corrected chi connectivity index (χ0v) is 17.1. The number of carboxylic acids is 1. The molecule has 0 radical (unpaired) electrons. The molecule has 0 atom stereocenters. The van der Waals surface area contributed by atoms with Crippen LogP contribution < -0.4 is 15.5 Å². The summed E-state index contributed by atoms with van der Waals surface area (Å²) in [4.78, 5) is 24.5. The van der Waals surface area contributed by atoms with E-state index in [4.69, 9.17) is 22.4 Å². The van der Waals surface area contributed by atoms with Crippen LogP contribution >= 0.6 is 11.6 Å². The van der Waals surface area contributed by atoms with Crippen LogP contribution in [0.1, 0.15) is 15.9 Å². The zero-order chi connectivity index (χ0) is 21.1. The van der Waals surface area contributed by atoms with Gasteiger partial charge in [-0.3, -0.25) is 0 Å². The molecule has 8 heteroatoms. The number of benzene rings is 2. The number of anilines is 2. The molecule has 1 aromatic heterocycles. The minimum absolute atomic E-state index is 0.188. The van der Waals surface area contributed by atoms with Gasteiger partial charge in [0.25, 0.3) is 0 Å². The summed E-state index contributed by atoms with van der Waals surface area (Å²) in [5, 5.41) is 9.54. The fourth-order valence-electron chi connectivity index (χ4n) is 3.56. The number of carbonyl (C=O) groups is 1. The summed E-state index contributed by atoms with van der Waals surface area (Å²) in [5.74, 6) is -0.288. The van der Waals surface area contributed by atoms with E-state index < -0.39 is 5.97 Å². The van der Waals surface area contributed by atoms with Gasteiger partial charge in [0.15, 0.2) is 0 Å². The van der Waals surface area contributed by atoms with Crippen molar-refractivity contribution in [2.24, 2.45) is 5.73 Å². The summed E-state index contributed by atoms with van der Waals surface area (Å²) >= 11 is 6.31. The van der Waals surface area contributed by atoms with Crippen molar-refractivity contribution in [1.82, 2.24) is 9.97 Å². The molecule has 3 aromatic rings. The predicted molar refractivity (Wildman–Crippen MR) is 118 cm³/mol. The van der Waals surface area contributed by atoms with E-state index >= 15 is 0 Å². The topological polar surface area (TPSA) is 95.6 Å². The molecule has 1 saturated heterocycles. The number of carboxylic acid groups (broad SMARTS) is 1. The first-order valence-corrected chi connectivity index (χ1v) is 10.1. The lowest BCUT2D eigenvalue weighted by Crippen LogP contribution is -2.47. The second-order valence-electron chi connectivity index (χ2n) is 7.12. The molecule has 7 nitrogen and oxygen atoms in total. The van der Waals surface area contributed by atoms with Crippen LogP contribution in [0.25, 0.3) is 11.1 Å². The molecule has 0 unspecified atom stereocenters. The second-order valence-corrected chi connectivity index (χ2v) is 7.53. The Labute approximate surface area is 179 Å². The lowest BCUT2D eigenvalue weighted by atomic mass is 10.1. The number of nitrogens with two attached hydrogens (primary N) is 1. The van der Waals surface area contributed by atoms with Gasteiger partial charge in [0.05, 0.1) is 16.3 Å². The van der Waals surface area contributed by atoms with Crippen molar-refractivity contribution in [2.75, 3.05) is 36.0 Å². The van der Waals surface area contributed by atoms with E-state index in [1.165, 1.54) is 6.07 Å². The number of piperazine rings is 1. The zero-order valence-electron chi connectivity index (χ0n) is 16.3. The van der Waals surface area contributed by atoms with Crippen molar-refractivity contribution in [3.05, 3.63) is 71.0 Å². The number of nitrogens with zero attached hydrogens (tertiary/aromatic N) is 4. The molecule has 3 N–H and O–H groups in total. The summed E-state index contributed by atoms with van der Waals surface area (Å²) in [6.07, 6.45) is 3.68. The molecule has 154 valence electrons. The first-order chi connectivity index (χ1) is 14.5. The standard InChI is InChI=1S/C22H22ClN5O2/c23-19-11-17(21(29)30)4-5-20(19)27-6-8-28(9-7-27)22-25-13-18(14-26-22)16-3-1-2-15(10-16)12-24/h1-5,10-11,13-14H,6-9,12,24H2,(H,29,30). The van der Waals surface area contributed by atoms with Gasteiger partial charge in [-0.1, -0.05) is 29.8 Å². The maximum Gasteiger partial charge on any atom is 0.335 e. The Hall–Kier alpha value is -3.16. The van der Waals surface area contributed by atoms with Gasteiger partial charge in [-0.25, -0.2) is 14.8 Å². The minimum atomic E-state index is -0.983. The molecule has 0 spiro atoms. The van der Waals surface area contributed by atoms with Gasteiger partial charge < -0.3 is 20.6 Å². The highest BCUT2D eigenvalue weighted by molar-refractivity contribution is 6.33. The summed E-state index contributed by atoms with van der Waals surface area (Å²) in [6, 6.07) is 12.9. The van der Waals surface area contributed by atoms with Crippen LogP contribution in [-0.4, -0.2) is 47.2 Å². The number of rotatable bonds is 5. The van der Waals surface area contributed by atoms with Crippen molar-refractivity contribution < 1.29 is 9.90 Å². The quantitative estimate of drug-likeness (QED) is 0.650. The molecule has 1 fully saturated rings. The molecule has 4 rings (SSSR count). The van der Waals surface area contributed by atoms with Crippen LogP contribution in [0.4, 0.5) is 11.6 Å². The molecule has 0 aliphatic carbocycles. The van der Waals surface area contributed by atoms with Crippen molar-refractivity contribution in [3.63, 3.8) is 0 Å². The van der Waals surface area contributed by atoms with Crippen LogP contribution in [0.15, 0.2) is 54.9 Å². The van der Waals surface area contributed by atoms with Gasteiger partial charge in [0.1, 0.15) is 0 Å². The molecule has 1 aliphatic heterocycles. The van der Waals surface area contributed by atoms with Gasteiger partial charge in [0.2, 0.25) is 5.95 Å². The first kappa shape index (κ1) is 20.1. The van der Waals surface area contributed by atoms with E-state index in [0.29, 0.717) is 17.5 Å². The van der Waals surface area contributed by atoms with Gasteiger partial charge in [0, 0.05) is 50.7 Å². The SMILES string of the molecule is NCc1cccc(-c2cnc(N3CCN(c4ccc(C(=O)O)cc4Cl)CC3)nc2)c1. The number of aromatic nitrogens is 2. The average molecular weight is 424 g/mol. The Kier molecular flexibility index (Phi) is 5.83. The van der Waals surface area contributed by atoms with E-state index in [1.54, 1.807) is 12.1 Å². The highest BCUT2D eigenvalue weighted by Gasteiger charge is 2.21. The van der Waals surface area contributed by atoms with Gasteiger partial charge >= 0.3 is 5.97 Å². The lowest BCUT2D eigenvalue weighted by molar-refractivity contribution is 0.0697. The maximum atomic E-state index is 11.1. The normalized spacial score (nSPS) is 14.1. The Morgan fingerprint density at radius 2 is 1.70 bits per heavy atom. The molecule has 2 heterocycles. The largest absolute Gasteiger partial charge is 0.478 e. The Morgan fingerprint density at radius 3 is 2.33 bits per heavy atom. The molecule has 1 aliphatic rings. The molecule has 0 bridgehead atoms. The van der Waals surface area contributed by atoms with E-state index in [-0.39, 0.29) is 5.56 Å². The monoisotopic (exact) mass is 423 g/mol. The average Bonchev–Trinajstić information content (AvgIpc) is 2.79. The van der Waals surface area contributed by atoms with Crippen LogP contribution in [0.2, 0.25) is 5.02 Å². The van der Waals surface area contributed by atoms with Crippen molar-refractivity contribution in [1.29, 1.82) is 0 Å².